The lowest BCUT2D eigenvalue weighted by molar-refractivity contribution is 0.0697. The third-order valence-corrected chi connectivity index (χ3v) is 3.59. The summed E-state index contributed by atoms with van der Waals surface area (Å²) >= 11 is 0. The summed E-state index contributed by atoms with van der Waals surface area (Å²) in [6.45, 7) is 5.55. The Morgan fingerprint density at radius 1 is 1.31 bits per heavy atom. The summed E-state index contributed by atoms with van der Waals surface area (Å²) in [5.74, 6) is -0.159. The van der Waals surface area contributed by atoms with Gasteiger partial charge in [-0.3, -0.25) is 0 Å². The second kappa shape index (κ2) is 4.16. The van der Waals surface area contributed by atoms with Crippen LogP contribution >= 0.6 is 0 Å². The van der Waals surface area contributed by atoms with E-state index in [1.165, 1.54) is 6.42 Å². The summed E-state index contributed by atoms with van der Waals surface area (Å²) in [6.07, 6.45) is 1.21. The third kappa shape index (κ3) is 1.90. The monoisotopic (exact) mass is 219 g/mol. The Hall–Kier alpha value is -1.51. The molecule has 1 aliphatic rings. The van der Waals surface area contributed by atoms with Gasteiger partial charge in [-0.1, -0.05) is 6.92 Å². The van der Waals surface area contributed by atoms with Crippen LogP contribution < -0.4 is 4.90 Å². The van der Waals surface area contributed by atoms with Crippen molar-refractivity contribution < 1.29 is 9.90 Å². The maximum absolute atomic E-state index is 10.7. The van der Waals surface area contributed by atoms with Crippen molar-refractivity contribution >= 4 is 11.7 Å². The van der Waals surface area contributed by atoms with Gasteiger partial charge in [0.25, 0.3) is 0 Å². The fourth-order valence-electron chi connectivity index (χ4n) is 2.25. The molecule has 86 valence electrons. The molecule has 1 aliphatic heterocycles. The average Bonchev–Trinajstić information content (AvgIpc) is 2.60. The highest BCUT2D eigenvalue weighted by atomic mass is 16.4. The number of rotatable bonds is 2. The van der Waals surface area contributed by atoms with E-state index in [1.807, 2.05) is 12.1 Å². The molecule has 2 unspecified atom stereocenters. The fourth-order valence-corrected chi connectivity index (χ4v) is 2.25. The Kier molecular flexibility index (Phi) is 2.86. The van der Waals surface area contributed by atoms with Crippen LogP contribution in [0, 0.1) is 5.92 Å². The molecule has 16 heavy (non-hydrogen) atoms. The zero-order valence-electron chi connectivity index (χ0n) is 9.68. The number of aromatic carboxylic acids is 1. The van der Waals surface area contributed by atoms with Crippen LogP contribution in [0.25, 0.3) is 0 Å². The van der Waals surface area contributed by atoms with Crippen LogP contribution in [0.4, 0.5) is 5.69 Å². The van der Waals surface area contributed by atoms with E-state index < -0.39 is 5.97 Å². The van der Waals surface area contributed by atoms with E-state index in [0.29, 0.717) is 17.5 Å². The van der Waals surface area contributed by atoms with Gasteiger partial charge in [0.2, 0.25) is 0 Å². The number of nitrogens with zero attached hydrogens (tertiary/aromatic N) is 1. The van der Waals surface area contributed by atoms with Gasteiger partial charge in [-0.25, -0.2) is 4.79 Å². The predicted molar refractivity (Wildman–Crippen MR) is 64.0 cm³/mol. The zero-order valence-corrected chi connectivity index (χ0v) is 9.68. The largest absolute Gasteiger partial charge is 0.478 e. The number of benzene rings is 1. The molecule has 0 amide bonds. The molecule has 1 saturated heterocycles. The smallest absolute Gasteiger partial charge is 0.335 e. The molecule has 1 heterocycles. The molecule has 3 heteroatoms. The quantitative estimate of drug-likeness (QED) is 0.831. The van der Waals surface area contributed by atoms with Crippen LogP contribution in [-0.4, -0.2) is 23.7 Å². The summed E-state index contributed by atoms with van der Waals surface area (Å²) in [6, 6.07) is 7.69. The van der Waals surface area contributed by atoms with Crippen molar-refractivity contribution in [3.05, 3.63) is 29.8 Å². The standard InChI is InChI=1S/C13H17NO2/c1-9-7-8-14(10(9)2)12-5-3-11(4-6-12)13(15)16/h3-6,9-10H,7-8H2,1-2H3,(H,15,16). The molecule has 1 aromatic carbocycles. The molecule has 2 rings (SSSR count). The summed E-state index contributed by atoms with van der Waals surface area (Å²) in [5, 5.41) is 8.82. The molecule has 0 radical (unpaired) electrons. The SMILES string of the molecule is CC1CCN(c2ccc(C(=O)O)cc2)C1C. The summed E-state index contributed by atoms with van der Waals surface area (Å²) in [7, 11) is 0. The first-order chi connectivity index (χ1) is 7.59. The fraction of sp³-hybridized carbons (Fsp3) is 0.462. The van der Waals surface area contributed by atoms with Crippen molar-refractivity contribution in [1.29, 1.82) is 0 Å². The normalized spacial score (nSPS) is 24.8. The van der Waals surface area contributed by atoms with Crippen molar-refractivity contribution in [3.8, 4) is 0 Å². The van der Waals surface area contributed by atoms with Gasteiger partial charge in [-0.15, -0.1) is 0 Å². The summed E-state index contributed by atoms with van der Waals surface area (Å²) in [5.41, 5.74) is 1.48. The number of carboxylic acid groups (broad SMARTS) is 1. The Bertz CT molecular complexity index is 385. The van der Waals surface area contributed by atoms with Crippen molar-refractivity contribution in [3.63, 3.8) is 0 Å². The van der Waals surface area contributed by atoms with E-state index in [-0.39, 0.29) is 0 Å². The van der Waals surface area contributed by atoms with Gasteiger partial charge in [-0.05, 0) is 43.5 Å². The van der Waals surface area contributed by atoms with E-state index >= 15 is 0 Å². The number of hydrogen-bond acceptors (Lipinski definition) is 2. The number of anilines is 1. The van der Waals surface area contributed by atoms with Crippen LogP contribution in [0.2, 0.25) is 0 Å². The first-order valence-electron chi connectivity index (χ1n) is 5.69. The Balaban J connectivity index is 2.19. The van der Waals surface area contributed by atoms with Crippen LogP contribution in [0.15, 0.2) is 24.3 Å². The van der Waals surface area contributed by atoms with Gasteiger partial charge in [0.15, 0.2) is 0 Å². The lowest BCUT2D eigenvalue weighted by atomic mass is 10.0. The number of carboxylic acids is 1. The third-order valence-electron chi connectivity index (χ3n) is 3.59. The van der Waals surface area contributed by atoms with E-state index in [0.717, 1.165) is 12.2 Å². The first-order valence-corrected chi connectivity index (χ1v) is 5.69. The van der Waals surface area contributed by atoms with E-state index in [9.17, 15) is 4.79 Å². The van der Waals surface area contributed by atoms with E-state index in [4.69, 9.17) is 5.11 Å². The number of carbonyl (C=O) groups is 1. The average molecular weight is 219 g/mol. The zero-order chi connectivity index (χ0) is 11.7. The van der Waals surface area contributed by atoms with Crippen LogP contribution in [-0.2, 0) is 0 Å². The van der Waals surface area contributed by atoms with Crippen molar-refractivity contribution in [2.24, 2.45) is 5.92 Å². The molecule has 2 atom stereocenters. The lowest BCUT2D eigenvalue weighted by Crippen LogP contribution is -2.28. The highest BCUT2D eigenvalue weighted by Crippen LogP contribution is 2.29. The van der Waals surface area contributed by atoms with Gasteiger partial charge < -0.3 is 10.0 Å². The molecule has 0 aromatic heterocycles. The van der Waals surface area contributed by atoms with Crippen molar-refractivity contribution in [2.75, 3.05) is 11.4 Å². The second-order valence-electron chi connectivity index (χ2n) is 4.55. The molecule has 0 aliphatic carbocycles. The number of hydrogen-bond donors (Lipinski definition) is 1. The molecule has 0 saturated carbocycles. The van der Waals surface area contributed by atoms with Crippen molar-refractivity contribution in [2.45, 2.75) is 26.3 Å². The molecule has 1 N–H and O–H groups in total. The molecular formula is C13H17NO2. The van der Waals surface area contributed by atoms with Crippen LogP contribution in [0.1, 0.15) is 30.6 Å². The van der Waals surface area contributed by atoms with Gasteiger partial charge in [-0.2, -0.15) is 0 Å². The maximum Gasteiger partial charge on any atom is 0.335 e. The van der Waals surface area contributed by atoms with Crippen molar-refractivity contribution in [1.82, 2.24) is 0 Å². The molecule has 1 fully saturated rings. The van der Waals surface area contributed by atoms with E-state index in [2.05, 4.69) is 18.7 Å². The van der Waals surface area contributed by atoms with Gasteiger partial charge >= 0.3 is 5.97 Å². The molecular weight excluding hydrogens is 202 g/mol. The van der Waals surface area contributed by atoms with Crippen LogP contribution in [0.5, 0.6) is 0 Å². The Morgan fingerprint density at radius 2 is 1.94 bits per heavy atom. The molecule has 3 nitrogen and oxygen atoms in total. The van der Waals surface area contributed by atoms with Gasteiger partial charge in [0.1, 0.15) is 0 Å². The topological polar surface area (TPSA) is 40.5 Å². The van der Waals surface area contributed by atoms with Gasteiger partial charge in [0, 0.05) is 18.3 Å². The lowest BCUT2D eigenvalue weighted by Gasteiger charge is -2.25. The second-order valence-corrected chi connectivity index (χ2v) is 4.55. The minimum absolute atomic E-state index is 0.351. The van der Waals surface area contributed by atoms with Crippen LogP contribution in [0.3, 0.4) is 0 Å². The Morgan fingerprint density at radius 3 is 2.38 bits per heavy atom. The van der Waals surface area contributed by atoms with E-state index in [1.54, 1.807) is 12.1 Å². The summed E-state index contributed by atoms with van der Waals surface area (Å²) < 4.78 is 0. The Labute approximate surface area is 95.7 Å². The predicted octanol–water partition coefficient (Wildman–Crippen LogP) is 2.62. The van der Waals surface area contributed by atoms with Gasteiger partial charge in [0.05, 0.1) is 5.56 Å². The first kappa shape index (κ1) is 11.0. The molecule has 0 spiro atoms. The molecule has 1 aromatic rings. The molecule has 0 bridgehead atoms. The highest BCUT2D eigenvalue weighted by molar-refractivity contribution is 5.88. The maximum atomic E-state index is 10.7. The summed E-state index contributed by atoms with van der Waals surface area (Å²) in [4.78, 5) is 13.1. The minimum Gasteiger partial charge on any atom is -0.478 e. The minimum atomic E-state index is -0.866. The highest BCUT2D eigenvalue weighted by Gasteiger charge is 2.27.